The Morgan fingerprint density at radius 2 is 2.18 bits per heavy atom. The Bertz CT molecular complexity index is 599. The molecule has 0 bridgehead atoms. The lowest BCUT2D eigenvalue weighted by Crippen LogP contribution is -2.23. The predicted molar refractivity (Wildman–Crippen MR) is 64.9 cm³/mol. The van der Waals surface area contributed by atoms with Gasteiger partial charge in [-0.25, -0.2) is 0 Å². The monoisotopic (exact) mass is 230 g/mol. The molecule has 1 aromatic heterocycles. The third-order valence-corrected chi connectivity index (χ3v) is 3.28. The maximum Gasteiger partial charge on any atom is 0.245 e. The van der Waals surface area contributed by atoms with Crippen molar-refractivity contribution in [3.63, 3.8) is 0 Å². The molecule has 1 aliphatic heterocycles. The minimum absolute atomic E-state index is 0.0430. The Morgan fingerprint density at radius 1 is 1.35 bits per heavy atom. The van der Waals surface area contributed by atoms with Gasteiger partial charge >= 0.3 is 0 Å². The maximum absolute atomic E-state index is 11.9. The van der Waals surface area contributed by atoms with E-state index in [4.69, 9.17) is 0 Å². The second-order valence-electron chi connectivity index (χ2n) is 4.44. The lowest BCUT2D eigenvalue weighted by Gasteiger charge is -2.09. The van der Waals surface area contributed by atoms with Crippen molar-refractivity contribution < 1.29 is 9.90 Å². The number of benzene rings is 1. The van der Waals surface area contributed by atoms with E-state index >= 15 is 0 Å². The summed E-state index contributed by atoms with van der Waals surface area (Å²) < 4.78 is 1.68. The number of rotatable bonds is 1. The number of carbonyl (C=O) groups excluding carboxylic acids is 1. The van der Waals surface area contributed by atoms with E-state index in [1.165, 1.54) is 0 Å². The van der Waals surface area contributed by atoms with E-state index in [1.807, 2.05) is 18.2 Å². The molecule has 1 aliphatic rings. The zero-order valence-corrected chi connectivity index (χ0v) is 9.60. The molecule has 0 fully saturated rings. The van der Waals surface area contributed by atoms with Crippen LogP contribution in [0.2, 0.25) is 0 Å². The summed E-state index contributed by atoms with van der Waals surface area (Å²) in [5.41, 5.74) is 2.90. The smallest absolute Gasteiger partial charge is 0.245 e. The number of nitrogens with one attached hydrogen (secondary N) is 1. The number of aliphatic hydroxyl groups is 1. The molecule has 17 heavy (non-hydrogen) atoms. The molecule has 4 heteroatoms. The van der Waals surface area contributed by atoms with Gasteiger partial charge in [0, 0.05) is 18.1 Å². The van der Waals surface area contributed by atoms with Gasteiger partial charge in [0.2, 0.25) is 5.91 Å². The van der Waals surface area contributed by atoms with Crippen LogP contribution in [0.4, 0.5) is 0 Å². The van der Waals surface area contributed by atoms with Crippen molar-refractivity contribution in [3.05, 3.63) is 35.5 Å². The first-order valence-electron chi connectivity index (χ1n) is 5.73. The number of carbonyl (C=O) groups is 1. The fraction of sp³-hybridized carbons (Fsp3) is 0.308. The highest BCUT2D eigenvalue weighted by Gasteiger charge is 2.19. The Balaban J connectivity index is 2.37. The summed E-state index contributed by atoms with van der Waals surface area (Å²) in [7, 11) is 0. The summed E-state index contributed by atoms with van der Waals surface area (Å²) in [6.45, 7) is 2.78. The van der Waals surface area contributed by atoms with Gasteiger partial charge in [0.05, 0.1) is 18.2 Å². The third kappa shape index (κ3) is 1.49. The molecule has 1 atom stereocenters. The summed E-state index contributed by atoms with van der Waals surface area (Å²) in [4.78, 5) is 11.9. The molecule has 0 radical (unpaired) electrons. The molecule has 4 nitrogen and oxygen atoms in total. The SMILES string of the molecule is CC(O)c1ccc2c3c1ccn3C(=O)CNC2. The minimum Gasteiger partial charge on any atom is -0.389 e. The zero-order chi connectivity index (χ0) is 12.0. The van der Waals surface area contributed by atoms with Gasteiger partial charge in [0.25, 0.3) is 0 Å². The largest absolute Gasteiger partial charge is 0.389 e. The molecular weight excluding hydrogens is 216 g/mol. The van der Waals surface area contributed by atoms with Crippen molar-refractivity contribution in [1.29, 1.82) is 0 Å². The fourth-order valence-corrected chi connectivity index (χ4v) is 2.46. The highest BCUT2D eigenvalue weighted by atomic mass is 16.3. The summed E-state index contributed by atoms with van der Waals surface area (Å²) in [5.74, 6) is 0.0430. The zero-order valence-electron chi connectivity index (χ0n) is 9.60. The minimum atomic E-state index is -0.522. The van der Waals surface area contributed by atoms with Crippen LogP contribution in [0.3, 0.4) is 0 Å². The topological polar surface area (TPSA) is 54.3 Å². The summed E-state index contributed by atoms with van der Waals surface area (Å²) >= 11 is 0. The lowest BCUT2D eigenvalue weighted by molar-refractivity contribution is 0.0920. The Morgan fingerprint density at radius 3 is 2.94 bits per heavy atom. The lowest BCUT2D eigenvalue weighted by atomic mass is 10.0. The van der Waals surface area contributed by atoms with E-state index in [0.717, 1.165) is 22.0 Å². The van der Waals surface area contributed by atoms with E-state index in [1.54, 1.807) is 17.7 Å². The van der Waals surface area contributed by atoms with Crippen LogP contribution >= 0.6 is 0 Å². The fourth-order valence-electron chi connectivity index (χ4n) is 2.46. The van der Waals surface area contributed by atoms with Gasteiger partial charge in [0.15, 0.2) is 0 Å². The van der Waals surface area contributed by atoms with Crippen molar-refractivity contribution >= 4 is 16.8 Å². The van der Waals surface area contributed by atoms with E-state index in [0.29, 0.717) is 13.1 Å². The van der Waals surface area contributed by atoms with Gasteiger partial charge in [-0.1, -0.05) is 12.1 Å². The van der Waals surface area contributed by atoms with Crippen LogP contribution in [-0.4, -0.2) is 22.1 Å². The van der Waals surface area contributed by atoms with Crippen LogP contribution in [0.5, 0.6) is 0 Å². The van der Waals surface area contributed by atoms with Gasteiger partial charge in [-0.15, -0.1) is 0 Å². The van der Waals surface area contributed by atoms with E-state index in [-0.39, 0.29) is 5.91 Å². The van der Waals surface area contributed by atoms with Crippen LogP contribution in [0.25, 0.3) is 10.9 Å². The molecule has 88 valence electrons. The van der Waals surface area contributed by atoms with Gasteiger partial charge in [-0.05, 0) is 24.1 Å². The predicted octanol–water partition coefficient (Wildman–Crippen LogP) is 1.44. The number of nitrogens with zero attached hydrogens (tertiary/aromatic N) is 1. The van der Waals surface area contributed by atoms with E-state index < -0.39 is 6.10 Å². The molecule has 2 N–H and O–H groups in total. The second kappa shape index (κ2) is 3.68. The molecule has 2 aromatic rings. The number of hydrogen-bond donors (Lipinski definition) is 2. The van der Waals surface area contributed by atoms with Crippen LogP contribution in [0, 0.1) is 0 Å². The summed E-state index contributed by atoms with van der Waals surface area (Å²) in [5, 5.41) is 13.8. The Kier molecular flexibility index (Phi) is 2.28. The first-order valence-corrected chi connectivity index (χ1v) is 5.73. The van der Waals surface area contributed by atoms with Gasteiger partial charge in [-0.3, -0.25) is 9.36 Å². The van der Waals surface area contributed by atoms with Crippen molar-refractivity contribution in [3.8, 4) is 0 Å². The quantitative estimate of drug-likeness (QED) is 0.779. The summed E-state index contributed by atoms with van der Waals surface area (Å²) in [6.07, 6.45) is 1.27. The average molecular weight is 230 g/mol. The molecule has 0 spiro atoms. The van der Waals surface area contributed by atoms with Crippen molar-refractivity contribution in [2.45, 2.75) is 19.6 Å². The van der Waals surface area contributed by atoms with Crippen LogP contribution in [0.1, 0.15) is 28.9 Å². The molecule has 0 saturated heterocycles. The number of aromatic nitrogens is 1. The number of hydrogen-bond acceptors (Lipinski definition) is 3. The first kappa shape index (κ1) is 10.5. The molecular formula is C13H14N2O2. The van der Waals surface area contributed by atoms with Crippen molar-refractivity contribution in [2.75, 3.05) is 6.54 Å². The highest BCUT2D eigenvalue weighted by Crippen LogP contribution is 2.29. The van der Waals surface area contributed by atoms with Crippen LogP contribution in [-0.2, 0) is 6.54 Å². The van der Waals surface area contributed by atoms with Gasteiger partial charge in [-0.2, -0.15) is 0 Å². The van der Waals surface area contributed by atoms with E-state index in [2.05, 4.69) is 5.32 Å². The molecule has 0 aliphatic carbocycles. The molecule has 0 amide bonds. The molecule has 1 aromatic carbocycles. The Hall–Kier alpha value is -1.65. The normalized spacial score (nSPS) is 17.2. The second-order valence-corrected chi connectivity index (χ2v) is 4.44. The molecule has 2 heterocycles. The Labute approximate surface area is 98.9 Å². The molecule has 1 unspecified atom stereocenters. The molecule has 0 saturated carbocycles. The number of aliphatic hydroxyl groups excluding tert-OH is 1. The highest BCUT2D eigenvalue weighted by molar-refractivity contribution is 5.97. The first-order chi connectivity index (χ1) is 8.18. The van der Waals surface area contributed by atoms with Crippen molar-refractivity contribution in [1.82, 2.24) is 9.88 Å². The summed E-state index contributed by atoms with van der Waals surface area (Å²) in [6, 6.07) is 5.82. The maximum atomic E-state index is 11.9. The average Bonchev–Trinajstić information content (AvgIpc) is 2.66. The van der Waals surface area contributed by atoms with Crippen LogP contribution < -0.4 is 5.32 Å². The van der Waals surface area contributed by atoms with Gasteiger partial charge < -0.3 is 10.4 Å². The third-order valence-electron chi connectivity index (χ3n) is 3.28. The van der Waals surface area contributed by atoms with E-state index in [9.17, 15) is 9.90 Å². The van der Waals surface area contributed by atoms with Crippen LogP contribution in [0.15, 0.2) is 24.4 Å². The van der Waals surface area contributed by atoms with Crippen molar-refractivity contribution in [2.24, 2.45) is 0 Å². The molecule has 3 rings (SSSR count). The standard InChI is InChI=1S/C13H14N2O2/c1-8(16)10-3-2-9-6-14-7-12(17)15-5-4-11(10)13(9)15/h2-5,8,14,16H,6-7H2,1H3. The van der Waals surface area contributed by atoms with Gasteiger partial charge in [0.1, 0.15) is 0 Å².